The predicted octanol–water partition coefficient (Wildman–Crippen LogP) is 2.73. The Hall–Kier alpha value is -2.49. The van der Waals surface area contributed by atoms with E-state index in [1.165, 1.54) is 0 Å². The third-order valence-corrected chi connectivity index (χ3v) is 2.69. The molecule has 0 bridgehead atoms. The maximum Gasteiger partial charge on any atom is 0.254 e. The summed E-state index contributed by atoms with van der Waals surface area (Å²) in [4.78, 5) is 11.8. The van der Waals surface area contributed by atoms with Crippen molar-refractivity contribution < 1.29 is 9.53 Å². The van der Waals surface area contributed by atoms with Crippen molar-refractivity contribution >= 4 is 11.6 Å². The molecule has 0 saturated carbocycles. The summed E-state index contributed by atoms with van der Waals surface area (Å²) in [5, 5.41) is 2.58. The number of nitrogens with two attached hydrogens (primary N) is 1. The van der Waals surface area contributed by atoms with Crippen molar-refractivity contribution in [3.63, 3.8) is 0 Å². The van der Waals surface area contributed by atoms with Crippen LogP contribution in [0.1, 0.15) is 15.9 Å². The van der Waals surface area contributed by atoms with Crippen LogP contribution in [0.2, 0.25) is 0 Å². The Morgan fingerprint density at radius 1 is 1.21 bits per heavy atom. The van der Waals surface area contributed by atoms with Gasteiger partial charge in [0.15, 0.2) is 0 Å². The molecule has 0 atom stereocenters. The standard InChI is InChI=1S/C15H16N2O2/c1-10-4-3-5-12(8-10)19-14-9-11(16)6-7-13(14)15(18)17-2/h3-9H,16H2,1-2H3,(H,17,18). The molecule has 4 nitrogen and oxygen atoms in total. The van der Waals surface area contributed by atoms with Gasteiger partial charge in [-0.1, -0.05) is 12.1 Å². The maximum absolute atomic E-state index is 11.8. The first kappa shape index (κ1) is 13.0. The van der Waals surface area contributed by atoms with Gasteiger partial charge in [0.05, 0.1) is 5.56 Å². The molecular weight excluding hydrogens is 240 g/mol. The number of rotatable bonds is 3. The average molecular weight is 256 g/mol. The van der Waals surface area contributed by atoms with Crippen molar-refractivity contribution in [1.29, 1.82) is 0 Å². The Morgan fingerprint density at radius 2 is 2.00 bits per heavy atom. The van der Waals surface area contributed by atoms with Crippen LogP contribution in [0.4, 0.5) is 5.69 Å². The molecule has 0 aliphatic rings. The lowest BCUT2D eigenvalue weighted by Gasteiger charge is -2.11. The van der Waals surface area contributed by atoms with Crippen LogP contribution in [0.25, 0.3) is 0 Å². The highest BCUT2D eigenvalue weighted by molar-refractivity contribution is 5.97. The van der Waals surface area contributed by atoms with Crippen molar-refractivity contribution in [3.05, 3.63) is 53.6 Å². The lowest BCUT2D eigenvalue weighted by Crippen LogP contribution is -2.18. The fraction of sp³-hybridized carbons (Fsp3) is 0.133. The van der Waals surface area contributed by atoms with E-state index in [4.69, 9.17) is 10.5 Å². The summed E-state index contributed by atoms with van der Waals surface area (Å²) in [5.74, 6) is 0.920. The molecule has 0 aliphatic carbocycles. The predicted molar refractivity (Wildman–Crippen MR) is 75.5 cm³/mol. The number of anilines is 1. The molecule has 2 aromatic carbocycles. The Bertz CT molecular complexity index is 609. The minimum absolute atomic E-state index is 0.206. The SMILES string of the molecule is CNC(=O)c1ccc(N)cc1Oc1cccc(C)c1. The van der Waals surface area contributed by atoms with Crippen LogP contribution in [-0.2, 0) is 0 Å². The van der Waals surface area contributed by atoms with Crippen LogP contribution in [0.3, 0.4) is 0 Å². The Kier molecular flexibility index (Phi) is 3.71. The Morgan fingerprint density at radius 3 is 2.68 bits per heavy atom. The number of hydrogen-bond donors (Lipinski definition) is 2. The molecule has 4 heteroatoms. The number of ether oxygens (including phenoxy) is 1. The van der Waals surface area contributed by atoms with E-state index in [-0.39, 0.29) is 5.91 Å². The summed E-state index contributed by atoms with van der Waals surface area (Å²) < 4.78 is 5.75. The van der Waals surface area contributed by atoms with Crippen LogP contribution >= 0.6 is 0 Å². The van der Waals surface area contributed by atoms with Gasteiger partial charge in [-0.3, -0.25) is 4.79 Å². The third kappa shape index (κ3) is 3.04. The zero-order valence-corrected chi connectivity index (χ0v) is 10.9. The van der Waals surface area contributed by atoms with E-state index in [2.05, 4.69) is 5.32 Å². The molecule has 1 amide bonds. The molecular formula is C15H16N2O2. The number of carbonyl (C=O) groups excluding carboxylic acids is 1. The molecule has 0 aliphatic heterocycles. The zero-order chi connectivity index (χ0) is 13.8. The molecule has 0 radical (unpaired) electrons. The fourth-order valence-electron chi connectivity index (χ4n) is 1.75. The first-order valence-corrected chi connectivity index (χ1v) is 5.96. The molecule has 2 rings (SSSR count). The first-order valence-electron chi connectivity index (χ1n) is 5.96. The second-order valence-electron chi connectivity index (χ2n) is 4.25. The third-order valence-electron chi connectivity index (χ3n) is 2.69. The molecule has 0 aromatic heterocycles. The lowest BCUT2D eigenvalue weighted by atomic mass is 10.1. The van der Waals surface area contributed by atoms with Gasteiger partial charge in [-0.15, -0.1) is 0 Å². The van der Waals surface area contributed by atoms with Crippen LogP contribution in [0, 0.1) is 6.92 Å². The Labute approximate surface area is 112 Å². The number of hydrogen-bond acceptors (Lipinski definition) is 3. The number of amides is 1. The highest BCUT2D eigenvalue weighted by Crippen LogP contribution is 2.28. The van der Waals surface area contributed by atoms with E-state index in [0.717, 1.165) is 5.56 Å². The monoisotopic (exact) mass is 256 g/mol. The molecule has 2 aromatic rings. The summed E-state index contributed by atoms with van der Waals surface area (Å²) in [6.45, 7) is 1.98. The molecule has 0 fully saturated rings. The summed E-state index contributed by atoms with van der Waals surface area (Å²) in [6, 6.07) is 12.6. The zero-order valence-electron chi connectivity index (χ0n) is 10.9. The van der Waals surface area contributed by atoms with Crippen LogP contribution in [0.5, 0.6) is 11.5 Å². The van der Waals surface area contributed by atoms with Gasteiger partial charge in [-0.25, -0.2) is 0 Å². The largest absolute Gasteiger partial charge is 0.456 e. The van der Waals surface area contributed by atoms with Crippen LogP contribution in [0.15, 0.2) is 42.5 Å². The number of nitrogen functional groups attached to an aromatic ring is 1. The quantitative estimate of drug-likeness (QED) is 0.830. The van der Waals surface area contributed by atoms with E-state index in [1.54, 1.807) is 25.2 Å². The van der Waals surface area contributed by atoms with Gasteiger partial charge < -0.3 is 15.8 Å². The summed E-state index contributed by atoms with van der Waals surface area (Å²) in [5.41, 5.74) is 7.83. The van der Waals surface area contributed by atoms with Gasteiger partial charge in [-0.2, -0.15) is 0 Å². The minimum Gasteiger partial charge on any atom is -0.456 e. The maximum atomic E-state index is 11.8. The molecule has 0 unspecified atom stereocenters. The van der Waals surface area contributed by atoms with E-state index in [9.17, 15) is 4.79 Å². The van der Waals surface area contributed by atoms with E-state index in [0.29, 0.717) is 22.7 Å². The average Bonchev–Trinajstić information content (AvgIpc) is 2.38. The summed E-state index contributed by atoms with van der Waals surface area (Å²) >= 11 is 0. The highest BCUT2D eigenvalue weighted by Gasteiger charge is 2.12. The molecule has 98 valence electrons. The summed E-state index contributed by atoms with van der Waals surface area (Å²) in [7, 11) is 1.58. The number of aryl methyl sites for hydroxylation is 1. The highest BCUT2D eigenvalue weighted by atomic mass is 16.5. The Balaban J connectivity index is 2.38. The first-order chi connectivity index (χ1) is 9.10. The number of nitrogens with one attached hydrogen (secondary N) is 1. The smallest absolute Gasteiger partial charge is 0.254 e. The van der Waals surface area contributed by atoms with Crippen molar-refractivity contribution in [1.82, 2.24) is 5.32 Å². The summed E-state index contributed by atoms with van der Waals surface area (Å²) in [6.07, 6.45) is 0. The van der Waals surface area contributed by atoms with Gasteiger partial charge in [0.1, 0.15) is 11.5 Å². The van der Waals surface area contributed by atoms with E-state index >= 15 is 0 Å². The van der Waals surface area contributed by atoms with Gasteiger partial charge in [0.2, 0.25) is 0 Å². The molecule has 19 heavy (non-hydrogen) atoms. The minimum atomic E-state index is -0.206. The lowest BCUT2D eigenvalue weighted by molar-refractivity contribution is 0.0961. The van der Waals surface area contributed by atoms with Crippen molar-refractivity contribution in [2.45, 2.75) is 6.92 Å². The van der Waals surface area contributed by atoms with Crippen molar-refractivity contribution in [2.75, 3.05) is 12.8 Å². The fourth-order valence-corrected chi connectivity index (χ4v) is 1.75. The topological polar surface area (TPSA) is 64.4 Å². The van der Waals surface area contributed by atoms with Crippen molar-refractivity contribution in [2.24, 2.45) is 0 Å². The molecule has 3 N–H and O–H groups in total. The van der Waals surface area contributed by atoms with Crippen LogP contribution in [-0.4, -0.2) is 13.0 Å². The van der Waals surface area contributed by atoms with Gasteiger partial charge in [0, 0.05) is 18.8 Å². The van der Waals surface area contributed by atoms with Gasteiger partial charge >= 0.3 is 0 Å². The van der Waals surface area contributed by atoms with E-state index in [1.807, 2.05) is 31.2 Å². The molecule has 0 spiro atoms. The van der Waals surface area contributed by atoms with Gasteiger partial charge in [-0.05, 0) is 36.8 Å². The number of benzene rings is 2. The molecule has 0 heterocycles. The second-order valence-corrected chi connectivity index (χ2v) is 4.25. The van der Waals surface area contributed by atoms with Crippen LogP contribution < -0.4 is 15.8 Å². The van der Waals surface area contributed by atoms with Gasteiger partial charge in [0.25, 0.3) is 5.91 Å². The normalized spacial score (nSPS) is 10.0. The van der Waals surface area contributed by atoms with Crippen molar-refractivity contribution in [3.8, 4) is 11.5 Å². The molecule has 0 saturated heterocycles. The number of carbonyl (C=O) groups is 1. The van der Waals surface area contributed by atoms with E-state index < -0.39 is 0 Å². The second kappa shape index (κ2) is 5.44.